The van der Waals surface area contributed by atoms with Gasteiger partial charge in [0, 0.05) is 5.33 Å². The highest BCUT2D eigenvalue weighted by Crippen LogP contribution is 2.25. The number of hydrogen-bond acceptors (Lipinski definition) is 2. The molecule has 90 valence electrons. The molecule has 2 nitrogen and oxygen atoms in total. The van der Waals surface area contributed by atoms with E-state index in [1.165, 1.54) is 0 Å². The van der Waals surface area contributed by atoms with Gasteiger partial charge in [0.15, 0.2) is 0 Å². The molecular formula is C8H5BrClF4NO. The molecule has 1 atom stereocenters. The van der Waals surface area contributed by atoms with Crippen LogP contribution in [0.2, 0.25) is 0 Å². The van der Waals surface area contributed by atoms with Gasteiger partial charge in [-0.1, -0.05) is 15.9 Å². The molecule has 0 N–H and O–H groups in total. The van der Waals surface area contributed by atoms with Crippen LogP contribution in [0.25, 0.3) is 0 Å². The summed E-state index contributed by atoms with van der Waals surface area (Å²) in [6, 6.07) is 0. The third kappa shape index (κ3) is 2.76. The van der Waals surface area contributed by atoms with Crippen LogP contribution in [0, 0.1) is 23.5 Å². The molecule has 0 aliphatic carbocycles. The predicted octanol–water partition coefficient (Wildman–Crippen LogP) is 3.02. The Morgan fingerprint density at radius 3 is 2.06 bits per heavy atom. The first-order chi connectivity index (χ1) is 7.51. The van der Waals surface area contributed by atoms with Gasteiger partial charge < -0.3 is 4.74 Å². The van der Waals surface area contributed by atoms with Crippen LogP contribution in [0.5, 0.6) is 5.75 Å². The lowest BCUT2D eigenvalue weighted by Crippen LogP contribution is -2.22. The number of nitrogens with zero attached hydrogens (tertiary/aromatic N) is 1. The Hall–Kier alpha value is -0.560. The Morgan fingerprint density at radius 1 is 1.19 bits per heavy atom. The summed E-state index contributed by atoms with van der Waals surface area (Å²) in [5.74, 6) is -8.16. The molecule has 0 aliphatic heterocycles. The van der Waals surface area contributed by atoms with E-state index in [0.717, 1.165) is 0 Å². The monoisotopic (exact) mass is 321 g/mol. The van der Waals surface area contributed by atoms with Gasteiger partial charge in [-0.05, 0) is 0 Å². The van der Waals surface area contributed by atoms with Crippen molar-refractivity contribution in [3.05, 3.63) is 23.5 Å². The van der Waals surface area contributed by atoms with Crippen molar-refractivity contribution in [1.82, 2.24) is 4.98 Å². The van der Waals surface area contributed by atoms with E-state index in [1.807, 2.05) is 0 Å². The first kappa shape index (κ1) is 13.5. The van der Waals surface area contributed by atoms with Gasteiger partial charge in [0.25, 0.3) is 11.9 Å². The molecular weight excluding hydrogens is 317 g/mol. The Bertz CT molecular complexity index is 363. The fourth-order valence-corrected chi connectivity index (χ4v) is 1.64. The summed E-state index contributed by atoms with van der Waals surface area (Å²) in [6.07, 6.45) is -0.813. The standard InChI is InChI=1S/C8H5BrClF4NO/c9-1-3(2-10)16-6-4(11)7(13)15-8(14)5(6)12/h3H,1-2H2. The molecule has 0 fully saturated rings. The SMILES string of the molecule is Fc1nc(F)c(F)c(OC(CCl)CBr)c1F. The maximum atomic E-state index is 13.0. The zero-order valence-corrected chi connectivity index (χ0v) is 9.96. The second-order valence-corrected chi connectivity index (χ2v) is 3.66. The van der Waals surface area contributed by atoms with Gasteiger partial charge in [-0.15, -0.1) is 11.6 Å². The van der Waals surface area contributed by atoms with Crippen LogP contribution in [-0.2, 0) is 0 Å². The van der Waals surface area contributed by atoms with Crippen molar-refractivity contribution in [1.29, 1.82) is 0 Å². The van der Waals surface area contributed by atoms with Gasteiger partial charge in [-0.2, -0.15) is 22.5 Å². The van der Waals surface area contributed by atoms with E-state index in [2.05, 4.69) is 25.7 Å². The maximum Gasteiger partial charge on any atom is 0.255 e. The van der Waals surface area contributed by atoms with Gasteiger partial charge >= 0.3 is 0 Å². The van der Waals surface area contributed by atoms with Crippen molar-refractivity contribution in [2.24, 2.45) is 0 Å². The Labute approximate surface area is 102 Å². The lowest BCUT2D eigenvalue weighted by molar-refractivity contribution is 0.215. The Kier molecular flexibility index (Phi) is 4.79. The van der Waals surface area contributed by atoms with Crippen LogP contribution in [0.3, 0.4) is 0 Å². The molecule has 0 bridgehead atoms. The number of alkyl halides is 2. The molecule has 1 unspecified atom stereocenters. The van der Waals surface area contributed by atoms with Crippen molar-refractivity contribution >= 4 is 27.5 Å². The van der Waals surface area contributed by atoms with Crippen LogP contribution in [0.4, 0.5) is 17.6 Å². The Morgan fingerprint density at radius 2 is 1.69 bits per heavy atom. The summed E-state index contributed by atoms with van der Waals surface area (Å²) >= 11 is 8.36. The van der Waals surface area contributed by atoms with Gasteiger partial charge in [-0.3, -0.25) is 0 Å². The van der Waals surface area contributed by atoms with Crippen LogP contribution < -0.4 is 4.74 Å². The third-order valence-corrected chi connectivity index (χ3v) is 2.65. The number of hydrogen-bond donors (Lipinski definition) is 0. The molecule has 0 spiro atoms. The highest BCUT2D eigenvalue weighted by atomic mass is 79.9. The minimum Gasteiger partial charge on any atom is -0.482 e. The number of aromatic nitrogens is 1. The van der Waals surface area contributed by atoms with Crippen molar-refractivity contribution < 1.29 is 22.3 Å². The van der Waals surface area contributed by atoms with Crippen LogP contribution in [0.1, 0.15) is 0 Å². The highest BCUT2D eigenvalue weighted by molar-refractivity contribution is 9.09. The molecule has 0 amide bonds. The van der Waals surface area contributed by atoms with E-state index in [4.69, 9.17) is 11.6 Å². The first-order valence-corrected chi connectivity index (χ1v) is 5.65. The molecule has 0 radical (unpaired) electrons. The molecule has 1 aromatic rings. The maximum absolute atomic E-state index is 13.0. The fraction of sp³-hybridized carbons (Fsp3) is 0.375. The van der Waals surface area contributed by atoms with Gasteiger partial charge in [0.2, 0.25) is 17.4 Å². The largest absolute Gasteiger partial charge is 0.482 e. The second kappa shape index (κ2) is 5.67. The normalized spacial score (nSPS) is 12.6. The van der Waals surface area contributed by atoms with E-state index in [9.17, 15) is 17.6 Å². The number of pyridine rings is 1. The average Bonchev–Trinajstić information content (AvgIpc) is 2.27. The summed E-state index contributed by atoms with van der Waals surface area (Å²) < 4.78 is 56.1. The molecule has 0 aliphatic rings. The lowest BCUT2D eigenvalue weighted by Gasteiger charge is -2.15. The van der Waals surface area contributed by atoms with Crippen LogP contribution in [-0.4, -0.2) is 22.3 Å². The molecule has 1 rings (SSSR count). The molecule has 1 heterocycles. The Balaban J connectivity index is 3.11. The molecule has 0 saturated heterocycles. The molecule has 0 aromatic carbocycles. The summed E-state index contributed by atoms with van der Waals surface area (Å²) in [4.78, 5) is 2.38. The smallest absolute Gasteiger partial charge is 0.255 e. The number of rotatable bonds is 4. The molecule has 0 saturated carbocycles. The lowest BCUT2D eigenvalue weighted by atomic mass is 10.4. The van der Waals surface area contributed by atoms with Crippen molar-refractivity contribution in [3.8, 4) is 5.75 Å². The van der Waals surface area contributed by atoms with Crippen LogP contribution in [0.15, 0.2) is 0 Å². The van der Waals surface area contributed by atoms with E-state index >= 15 is 0 Å². The third-order valence-electron chi connectivity index (χ3n) is 1.59. The van der Waals surface area contributed by atoms with Gasteiger partial charge in [0.1, 0.15) is 6.10 Å². The zero-order valence-electron chi connectivity index (χ0n) is 7.61. The highest BCUT2D eigenvalue weighted by Gasteiger charge is 2.24. The van der Waals surface area contributed by atoms with E-state index in [1.54, 1.807) is 0 Å². The van der Waals surface area contributed by atoms with Crippen LogP contribution >= 0.6 is 27.5 Å². The molecule has 8 heteroatoms. The topological polar surface area (TPSA) is 22.1 Å². The average molecular weight is 322 g/mol. The van der Waals surface area contributed by atoms with Gasteiger partial charge in [0.05, 0.1) is 5.88 Å². The van der Waals surface area contributed by atoms with E-state index in [0.29, 0.717) is 0 Å². The number of ether oxygens (including phenoxy) is 1. The minimum atomic E-state index is -1.77. The summed E-state index contributed by atoms with van der Waals surface area (Å²) in [7, 11) is 0. The zero-order chi connectivity index (χ0) is 12.3. The van der Waals surface area contributed by atoms with Crippen molar-refractivity contribution in [2.45, 2.75) is 6.10 Å². The number of halogens is 6. The van der Waals surface area contributed by atoms with Gasteiger partial charge in [-0.25, -0.2) is 0 Å². The summed E-state index contributed by atoms with van der Waals surface area (Å²) in [6.45, 7) is 0. The fourth-order valence-electron chi connectivity index (χ4n) is 0.842. The quantitative estimate of drug-likeness (QED) is 0.483. The minimum absolute atomic E-state index is 0.101. The molecule has 1 aromatic heterocycles. The van der Waals surface area contributed by atoms with E-state index in [-0.39, 0.29) is 11.2 Å². The molecule has 16 heavy (non-hydrogen) atoms. The second-order valence-electron chi connectivity index (χ2n) is 2.70. The van der Waals surface area contributed by atoms with E-state index < -0.39 is 35.4 Å². The summed E-state index contributed by atoms with van der Waals surface area (Å²) in [5, 5.41) is 0.154. The van der Waals surface area contributed by atoms with Crippen molar-refractivity contribution in [2.75, 3.05) is 11.2 Å². The summed E-state index contributed by atoms with van der Waals surface area (Å²) in [5.41, 5.74) is 0. The first-order valence-electron chi connectivity index (χ1n) is 3.99. The predicted molar refractivity (Wildman–Crippen MR) is 53.0 cm³/mol. The van der Waals surface area contributed by atoms with Crippen molar-refractivity contribution in [3.63, 3.8) is 0 Å².